The average molecular weight is 572 g/mol. The molecule has 1 saturated heterocycles. The quantitative estimate of drug-likeness (QED) is 0.317. The maximum atomic E-state index is 12.3. The van der Waals surface area contributed by atoms with E-state index in [0.29, 0.717) is 16.7 Å². The smallest absolute Gasteiger partial charge is 0.264 e. The fraction of sp³-hybridized carbons (Fsp3) is 0.120. The standard InChI is InChI=1S/C25H20Br2N2O2S/c1-2-16-3-9-20(10-4-16)28-25-29-24(30)23(32-25)13-17-5-11-21(12-6-17)31-15-18-7-8-19(26)14-22(18)27/h3-14H,2,15H2,1H3,(H,28,29,30)/b23-13-. The summed E-state index contributed by atoms with van der Waals surface area (Å²) in [6.45, 7) is 2.58. The van der Waals surface area contributed by atoms with Crippen molar-refractivity contribution in [3.8, 4) is 5.75 Å². The van der Waals surface area contributed by atoms with Gasteiger partial charge in [0.2, 0.25) is 0 Å². The van der Waals surface area contributed by atoms with Gasteiger partial charge in [0, 0.05) is 14.5 Å². The van der Waals surface area contributed by atoms with Gasteiger partial charge in [-0.15, -0.1) is 0 Å². The van der Waals surface area contributed by atoms with E-state index in [1.807, 2.05) is 60.7 Å². The maximum absolute atomic E-state index is 12.3. The third-order valence-electron chi connectivity index (χ3n) is 4.81. The maximum Gasteiger partial charge on any atom is 0.264 e. The van der Waals surface area contributed by atoms with E-state index in [9.17, 15) is 4.79 Å². The molecule has 3 aromatic carbocycles. The van der Waals surface area contributed by atoms with Gasteiger partial charge in [-0.25, -0.2) is 4.99 Å². The fourth-order valence-electron chi connectivity index (χ4n) is 3.02. The van der Waals surface area contributed by atoms with E-state index in [1.54, 1.807) is 0 Å². The molecule has 0 unspecified atom stereocenters. The first kappa shape index (κ1) is 22.8. The van der Waals surface area contributed by atoms with E-state index in [2.05, 4.69) is 61.2 Å². The normalized spacial score (nSPS) is 15.9. The van der Waals surface area contributed by atoms with Crippen LogP contribution in [0.5, 0.6) is 5.75 Å². The minimum Gasteiger partial charge on any atom is -0.489 e. The monoisotopic (exact) mass is 570 g/mol. The summed E-state index contributed by atoms with van der Waals surface area (Å²) in [6.07, 6.45) is 2.85. The average Bonchev–Trinajstić information content (AvgIpc) is 3.13. The highest BCUT2D eigenvalue weighted by atomic mass is 79.9. The molecule has 0 radical (unpaired) electrons. The molecule has 1 aliphatic rings. The minimum atomic E-state index is -0.139. The lowest BCUT2D eigenvalue weighted by Gasteiger charge is -2.08. The van der Waals surface area contributed by atoms with Crippen LogP contribution < -0.4 is 10.1 Å². The Labute approximate surface area is 208 Å². The van der Waals surface area contributed by atoms with Crippen LogP contribution in [0.4, 0.5) is 5.69 Å². The van der Waals surface area contributed by atoms with Crippen LogP contribution >= 0.6 is 43.6 Å². The minimum absolute atomic E-state index is 0.139. The highest BCUT2D eigenvalue weighted by molar-refractivity contribution is 9.11. The molecule has 0 bridgehead atoms. The highest BCUT2D eigenvalue weighted by Crippen LogP contribution is 2.29. The molecule has 1 N–H and O–H groups in total. The number of carbonyl (C=O) groups is 1. The summed E-state index contributed by atoms with van der Waals surface area (Å²) in [6, 6.07) is 21.7. The topological polar surface area (TPSA) is 50.7 Å². The number of hydrogen-bond acceptors (Lipinski definition) is 4. The number of amidine groups is 1. The van der Waals surface area contributed by atoms with Crippen molar-refractivity contribution < 1.29 is 9.53 Å². The van der Waals surface area contributed by atoms with Crippen LogP contribution in [0.15, 0.2) is 85.6 Å². The van der Waals surface area contributed by atoms with Crippen molar-refractivity contribution in [1.82, 2.24) is 5.32 Å². The van der Waals surface area contributed by atoms with E-state index in [1.165, 1.54) is 17.3 Å². The second-order valence-corrected chi connectivity index (χ2v) is 9.90. The lowest BCUT2D eigenvalue weighted by molar-refractivity contribution is -0.115. The number of amides is 1. The molecule has 162 valence electrons. The first-order valence-corrected chi connectivity index (χ1v) is 12.5. The van der Waals surface area contributed by atoms with Crippen molar-refractivity contribution >= 4 is 66.5 Å². The van der Waals surface area contributed by atoms with Crippen LogP contribution in [-0.4, -0.2) is 11.1 Å². The molecule has 1 amide bonds. The Hall–Kier alpha value is -2.35. The van der Waals surface area contributed by atoms with Crippen LogP contribution in [0.2, 0.25) is 0 Å². The van der Waals surface area contributed by atoms with Crippen molar-refractivity contribution in [2.75, 3.05) is 0 Å². The number of benzene rings is 3. The second kappa shape index (κ2) is 10.5. The molecule has 1 aliphatic heterocycles. The van der Waals surface area contributed by atoms with Crippen molar-refractivity contribution in [2.45, 2.75) is 20.0 Å². The van der Waals surface area contributed by atoms with Crippen molar-refractivity contribution in [3.63, 3.8) is 0 Å². The van der Waals surface area contributed by atoms with Gasteiger partial charge in [-0.05, 0) is 71.8 Å². The number of carbonyl (C=O) groups excluding carboxylic acids is 1. The Balaban J connectivity index is 1.40. The SMILES string of the molecule is CCc1ccc(N=C2NC(=O)/C(=C/c3ccc(OCc4ccc(Br)cc4Br)cc3)S2)cc1. The van der Waals surface area contributed by atoms with E-state index in [4.69, 9.17) is 4.74 Å². The molecule has 1 fully saturated rings. The van der Waals surface area contributed by atoms with E-state index < -0.39 is 0 Å². The first-order chi connectivity index (χ1) is 15.5. The Morgan fingerprint density at radius 2 is 1.78 bits per heavy atom. The molecule has 7 heteroatoms. The number of ether oxygens (including phenoxy) is 1. The van der Waals surface area contributed by atoms with E-state index >= 15 is 0 Å². The summed E-state index contributed by atoms with van der Waals surface area (Å²) < 4.78 is 7.90. The second-order valence-electron chi connectivity index (χ2n) is 7.10. The number of aliphatic imine (C=N–C) groups is 1. The van der Waals surface area contributed by atoms with E-state index in [-0.39, 0.29) is 5.91 Å². The highest BCUT2D eigenvalue weighted by Gasteiger charge is 2.23. The zero-order chi connectivity index (χ0) is 22.5. The molecular formula is C25H20Br2N2O2S. The molecule has 0 aromatic heterocycles. The van der Waals surface area contributed by atoms with Gasteiger partial charge in [0.25, 0.3) is 5.91 Å². The largest absolute Gasteiger partial charge is 0.489 e. The van der Waals surface area contributed by atoms with Gasteiger partial charge < -0.3 is 10.1 Å². The molecule has 3 aromatic rings. The predicted octanol–water partition coefficient (Wildman–Crippen LogP) is 7.24. The zero-order valence-corrected chi connectivity index (χ0v) is 21.3. The number of nitrogens with zero attached hydrogens (tertiary/aromatic N) is 1. The van der Waals surface area contributed by atoms with Crippen LogP contribution in [-0.2, 0) is 17.8 Å². The van der Waals surface area contributed by atoms with Crippen molar-refractivity contribution in [2.24, 2.45) is 4.99 Å². The first-order valence-electron chi connectivity index (χ1n) is 10.1. The number of aryl methyl sites for hydroxylation is 1. The fourth-order valence-corrected chi connectivity index (χ4v) is 5.02. The number of rotatable bonds is 6. The number of thioether (sulfide) groups is 1. The van der Waals surface area contributed by atoms with Crippen LogP contribution in [0.25, 0.3) is 6.08 Å². The van der Waals surface area contributed by atoms with Crippen LogP contribution in [0.3, 0.4) is 0 Å². The van der Waals surface area contributed by atoms with Crippen LogP contribution in [0.1, 0.15) is 23.6 Å². The van der Waals surface area contributed by atoms with Gasteiger partial charge in [0.05, 0.1) is 10.6 Å². The molecule has 4 nitrogen and oxygen atoms in total. The summed E-state index contributed by atoms with van der Waals surface area (Å²) in [4.78, 5) is 17.5. The lowest BCUT2D eigenvalue weighted by atomic mass is 10.2. The van der Waals surface area contributed by atoms with Crippen LogP contribution in [0, 0.1) is 0 Å². The molecule has 32 heavy (non-hydrogen) atoms. The molecule has 0 spiro atoms. The Morgan fingerprint density at radius 1 is 1.03 bits per heavy atom. The third kappa shape index (κ3) is 5.91. The third-order valence-corrected chi connectivity index (χ3v) is 6.95. The van der Waals surface area contributed by atoms with Gasteiger partial charge in [-0.2, -0.15) is 0 Å². The summed E-state index contributed by atoms with van der Waals surface area (Å²) >= 11 is 8.35. The summed E-state index contributed by atoms with van der Waals surface area (Å²) in [5, 5.41) is 3.42. The summed E-state index contributed by atoms with van der Waals surface area (Å²) in [5.41, 5.74) is 4.07. The predicted molar refractivity (Wildman–Crippen MR) is 139 cm³/mol. The Morgan fingerprint density at radius 3 is 2.47 bits per heavy atom. The van der Waals surface area contributed by atoms with Gasteiger partial charge in [0.1, 0.15) is 12.4 Å². The van der Waals surface area contributed by atoms with Gasteiger partial charge in [-0.3, -0.25) is 4.79 Å². The van der Waals surface area contributed by atoms with Gasteiger partial charge >= 0.3 is 0 Å². The summed E-state index contributed by atoms with van der Waals surface area (Å²) in [5.74, 6) is 0.627. The van der Waals surface area contributed by atoms with Crippen molar-refractivity contribution in [1.29, 1.82) is 0 Å². The molecule has 4 rings (SSSR count). The number of nitrogens with one attached hydrogen (secondary N) is 1. The number of hydrogen-bond donors (Lipinski definition) is 1. The molecule has 0 saturated carbocycles. The van der Waals surface area contributed by atoms with Gasteiger partial charge in [-0.1, -0.05) is 69.1 Å². The van der Waals surface area contributed by atoms with Gasteiger partial charge in [0.15, 0.2) is 5.17 Å². The molecule has 1 heterocycles. The molecular weight excluding hydrogens is 552 g/mol. The lowest BCUT2D eigenvalue weighted by Crippen LogP contribution is -2.19. The van der Waals surface area contributed by atoms with Crippen molar-refractivity contribution in [3.05, 3.63) is 97.3 Å². The molecule has 0 aliphatic carbocycles. The Bertz CT molecular complexity index is 1190. The zero-order valence-electron chi connectivity index (χ0n) is 17.3. The molecule has 0 atom stereocenters. The van der Waals surface area contributed by atoms with E-state index in [0.717, 1.165) is 37.9 Å². The number of halogens is 2. The Kier molecular flexibility index (Phi) is 7.50. The summed E-state index contributed by atoms with van der Waals surface area (Å²) in [7, 11) is 0.